The van der Waals surface area contributed by atoms with Crippen LogP contribution in [0.25, 0.3) is 5.70 Å². The number of aliphatic imine (C=N–C) groups is 1. The Balaban J connectivity index is 0.000000461. The van der Waals surface area contributed by atoms with Gasteiger partial charge < -0.3 is 0 Å². The van der Waals surface area contributed by atoms with Gasteiger partial charge in [0.2, 0.25) is 0 Å². The molecule has 14 heavy (non-hydrogen) atoms. The Morgan fingerprint density at radius 2 is 2.21 bits per heavy atom. The second-order valence-electron chi connectivity index (χ2n) is 2.54. The first kappa shape index (κ1) is 10.9. The Labute approximate surface area is 89.5 Å². The number of hydrogen-bond acceptors (Lipinski definition) is 2. The molecule has 0 amide bonds. The molecule has 0 saturated heterocycles. The van der Waals surface area contributed by atoms with Gasteiger partial charge >= 0.3 is 0 Å². The lowest BCUT2D eigenvalue weighted by molar-refractivity contribution is 1.50. The molecule has 0 aromatic carbocycles. The highest BCUT2D eigenvalue weighted by Crippen LogP contribution is 2.19. The van der Waals surface area contributed by atoms with Crippen molar-refractivity contribution < 1.29 is 0 Å². The predicted molar refractivity (Wildman–Crippen MR) is 65.9 cm³/mol. The molecule has 1 aliphatic heterocycles. The summed E-state index contributed by atoms with van der Waals surface area (Å²) in [7, 11) is 0. The number of allylic oxidation sites excluding steroid dienone is 3. The van der Waals surface area contributed by atoms with Gasteiger partial charge in [0.05, 0.1) is 5.70 Å². The minimum Gasteiger partial charge on any atom is -0.260 e. The van der Waals surface area contributed by atoms with Crippen LogP contribution in [-0.4, -0.2) is 6.21 Å². The molecule has 1 aromatic rings. The summed E-state index contributed by atoms with van der Waals surface area (Å²) in [6, 6.07) is 2.09. The summed E-state index contributed by atoms with van der Waals surface area (Å²) in [5, 5.41) is 4.18. The summed E-state index contributed by atoms with van der Waals surface area (Å²) < 4.78 is 0. The van der Waals surface area contributed by atoms with Crippen molar-refractivity contribution in [2.24, 2.45) is 4.99 Å². The highest BCUT2D eigenvalue weighted by molar-refractivity contribution is 7.08. The molecule has 0 N–H and O–H groups in total. The zero-order valence-corrected chi connectivity index (χ0v) is 9.42. The first-order chi connectivity index (χ1) is 6.97. The number of thiophene rings is 1. The lowest BCUT2D eigenvalue weighted by Gasteiger charge is -1.93. The molecule has 1 nitrogen and oxygen atoms in total. The van der Waals surface area contributed by atoms with E-state index in [1.54, 1.807) is 11.3 Å². The summed E-state index contributed by atoms with van der Waals surface area (Å²) in [4.78, 5) is 4.35. The van der Waals surface area contributed by atoms with Crippen molar-refractivity contribution in [2.45, 2.75) is 20.3 Å². The quantitative estimate of drug-likeness (QED) is 0.653. The van der Waals surface area contributed by atoms with E-state index in [4.69, 9.17) is 0 Å². The molecule has 0 bridgehead atoms. The van der Waals surface area contributed by atoms with E-state index in [1.165, 1.54) is 5.56 Å². The van der Waals surface area contributed by atoms with Gasteiger partial charge in [-0.15, -0.1) is 0 Å². The largest absolute Gasteiger partial charge is 0.260 e. The van der Waals surface area contributed by atoms with Gasteiger partial charge in [-0.1, -0.05) is 26.0 Å². The molecule has 2 rings (SSSR count). The van der Waals surface area contributed by atoms with Crippen LogP contribution in [0.3, 0.4) is 0 Å². The molecule has 0 spiro atoms. The second kappa shape index (κ2) is 6.33. The van der Waals surface area contributed by atoms with Crippen LogP contribution >= 0.6 is 11.3 Å². The van der Waals surface area contributed by atoms with Gasteiger partial charge in [-0.3, -0.25) is 4.99 Å². The van der Waals surface area contributed by atoms with Gasteiger partial charge in [0.15, 0.2) is 0 Å². The smallest absolute Gasteiger partial charge is 0.0706 e. The molecular formula is C12H15NS. The van der Waals surface area contributed by atoms with Crippen molar-refractivity contribution in [3.63, 3.8) is 0 Å². The van der Waals surface area contributed by atoms with Crippen LogP contribution < -0.4 is 0 Å². The molecule has 0 unspecified atom stereocenters. The molecule has 0 saturated carbocycles. The average molecular weight is 205 g/mol. The van der Waals surface area contributed by atoms with Crippen molar-refractivity contribution in [3.8, 4) is 0 Å². The van der Waals surface area contributed by atoms with Crippen molar-refractivity contribution in [3.05, 3.63) is 40.6 Å². The Bertz CT molecular complexity index is 331. The number of nitrogens with zero attached hydrogens (tertiary/aromatic N) is 1. The molecular weight excluding hydrogens is 190 g/mol. The number of rotatable bonds is 1. The summed E-state index contributed by atoms with van der Waals surface area (Å²) >= 11 is 1.70. The zero-order valence-electron chi connectivity index (χ0n) is 8.60. The highest BCUT2D eigenvalue weighted by atomic mass is 32.1. The second-order valence-corrected chi connectivity index (χ2v) is 3.32. The van der Waals surface area contributed by atoms with Gasteiger partial charge in [0.1, 0.15) is 0 Å². The van der Waals surface area contributed by atoms with Crippen molar-refractivity contribution in [2.75, 3.05) is 0 Å². The van der Waals surface area contributed by atoms with E-state index < -0.39 is 0 Å². The molecule has 1 aromatic heterocycles. The maximum atomic E-state index is 4.35. The van der Waals surface area contributed by atoms with E-state index in [0.29, 0.717) is 0 Å². The fourth-order valence-corrected chi connectivity index (χ4v) is 1.72. The van der Waals surface area contributed by atoms with E-state index in [2.05, 4.69) is 34.0 Å². The fourth-order valence-electron chi connectivity index (χ4n) is 1.07. The Kier molecular flexibility index (Phi) is 4.94. The monoisotopic (exact) mass is 205 g/mol. The van der Waals surface area contributed by atoms with Crippen LogP contribution in [0.15, 0.2) is 40.0 Å². The van der Waals surface area contributed by atoms with E-state index in [1.807, 2.05) is 26.1 Å². The molecule has 0 radical (unpaired) electrons. The Morgan fingerprint density at radius 3 is 2.93 bits per heavy atom. The third-order valence-corrected chi connectivity index (χ3v) is 2.36. The van der Waals surface area contributed by atoms with Crippen molar-refractivity contribution in [1.82, 2.24) is 0 Å². The van der Waals surface area contributed by atoms with Crippen molar-refractivity contribution >= 4 is 23.2 Å². The molecule has 2 heterocycles. The molecule has 74 valence electrons. The normalized spacial score (nSPS) is 14.0. The minimum absolute atomic E-state index is 0.935. The van der Waals surface area contributed by atoms with Gasteiger partial charge in [0.25, 0.3) is 0 Å². The number of hydrogen-bond donors (Lipinski definition) is 0. The van der Waals surface area contributed by atoms with Crippen LogP contribution in [0.1, 0.15) is 25.8 Å². The van der Waals surface area contributed by atoms with Gasteiger partial charge in [-0.2, -0.15) is 11.3 Å². The van der Waals surface area contributed by atoms with Gasteiger partial charge in [-0.05, 0) is 17.5 Å². The standard InChI is InChI=1S/C10H9NS.C2H6/c1-2-4-10(11-6-3-1)9-5-7-12-8-9;1-2/h1-2,4-8H,3H2;1-2H3. The van der Waals surface area contributed by atoms with Crippen molar-refractivity contribution in [1.29, 1.82) is 0 Å². The third kappa shape index (κ3) is 2.96. The summed E-state index contributed by atoms with van der Waals surface area (Å²) in [5.41, 5.74) is 2.27. The molecule has 0 fully saturated rings. The first-order valence-corrected chi connectivity index (χ1v) is 5.83. The minimum atomic E-state index is 0.935. The highest BCUT2D eigenvalue weighted by Gasteiger charge is 1.98. The van der Waals surface area contributed by atoms with Crippen LogP contribution in [0.4, 0.5) is 0 Å². The molecule has 0 atom stereocenters. The average Bonchev–Trinajstić information content (AvgIpc) is 2.64. The zero-order chi connectivity index (χ0) is 10.2. The lowest BCUT2D eigenvalue weighted by atomic mass is 10.2. The lowest BCUT2D eigenvalue weighted by Crippen LogP contribution is -1.75. The van der Waals surface area contributed by atoms with Crippen LogP contribution in [0.2, 0.25) is 0 Å². The van der Waals surface area contributed by atoms with Crippen LogP contribution in [-0.2, 0) is 0 Å². The summed E-state index contributed by atoms with van der Waals surface area (Å²) in [6.07, 6.45) is 9.07. The maximum absolute atomic E-state index is 4.35. The predicted octanol–water partition coefficient (Wildman–Crippen LogP) is 4.15. The van der Waals surface area contributed by atoms with E-state index >= 15 is 0 Å². The third-order valence-electron chi connectivity index (χ3n) is 1.68. The van der Waals surface area contributed by atoms with E-state index in [-0.39, 0.29) is 0 Å². The fraction of sp³-hybridized carbons (Fsp3) is 0.250. The van der Waals surface area contributed by atoms with Gasteiger partial charge in [0, 0.05) is 23.6 Å². The molecule has 2 heteroatoms. The summed E-state index contributed by atoms with van der Waals surface area (Å²) in [5.74, 6) is 0. The first-order valence-electron chi connectivity index (χ1n) is 4.89. The molecule has 1 aliphatic rings. The SMILES string of the molecule is C1=CCC=NC(c2ccsc2)=C1.CC. The van der Waals surface area contributed by atoms with E-state index in [9.17, 15) is 0 Å². The maximum Gasteiger partial charge on any atom is 0.0706 e. The Hall–Kier alpha value is -1.15. The Morgan fingerprint density at radius 1 is 1.36 bits per heavy atom. The summed E-state index contributed by atoms with van der Waals surface area (Å²) in [6.45, 7) is 4.00. The van der Waals surface area contributed by atoms with Crippen LogP contribution in [0, 0.1) is 0 Å². The topological polar surface area (TPSA) is 12.4 Å². The van der Waals surface area contributed by atoms with Crippen LogP contribution in [0.5, 0.6) is 0 Å². The molecule has 0 aliphatic carbocycles. The van der Waals surface area contributed by atoms with E-state index in [0.717, 1.165) is 12.1 Å². The van der Waals surface area contributed by atoms with Gasteiger partial charge in [-0.25, -0.2) is 0 Å².